The van der Waals surface area contributed by atoms with Crippen LogP contribution in [-0.2, 0) is 0 Å². The molecule has 0 saturated carbocycles. The molecule has 0 atom stereocenters. The Labute approximate surface area is 51.1 Å². The van der Waals surface area contributed by atoms with Crippen molar-refractivity contribution in [2.24, 2.45) is 4.99 Å². The van der Waals surface area contributed by atoms with Gasteiger partial charge in [-0.15, -0.1) is 0 Å². The highest BCUT2D eigenvalue weighted by Gasteiger charge is 1.81. The molecule has 0 radical (unpaired) electrons. The van der Waals surface area contributed by atoms with E-state index in [4.69, 9.17) is 0 Å². The van der Waals surface area contributed by atoms with E-state index in [0.29, 0.717) is 0 Å². The van der Waals surface area contributed by atoms with Crippen LogP contribution in [0.5, 0.6) is 0 Å². The Kier molecular flexibility index (Phi) is 4.23. The quantitative estimate of drug-likeness (QED) is 0.496. The van der Waals surface area contributed by atoms with Crippen molar-refractivity contribution >= 4 is 6.72 Å². The van der Waals surface area contributed by atoms with E-state index in [2.05, 4.69) is 25.6 Å². The van der Waals surface area contributed by atoms with Crippen LogP contribution in [0.25, 0.3) is 0 Å². The van der Waals surface area contributed by atoms with Gasteiger partial charge in [-0.2, -0.15) is 0 Å². The molecule has 0 unspecified atom stereocenters. The second-order valence-corrected chi connectivity index (χ2v) is 1.91. The average Bonchev–Trinajstić information content (AvgIpc) is 1.68. The fraction of sp³-hybridized carbons (Fsp3) is 0.571. The minimum Gasteiger partial charge on any atom is -0.273 e. The summed E-state index contributed by atoms with van der Waals surface area (Å²) in [5.41, 5.74) is 1.31. The largest absolute Gasteiger partial charge is 0.273 e. The lowest BCUT2D eigenvalue weighted by atomic mass is 10.2. The predicted molar refractivity (Wildman–Crippen MR) is 38.2 cm³/mol. The first-order chi connectivity index (χ1) is 3.81. The van der Waals surface area contributed by atoms with Crippen LogP contribution in [0.3, 0.4) is 0 Å². The molecule has 0 aliphatic heterocycles. The topological polar surface area (TPSA) is 12.4 Å². The van der Waals surface area contributed by atoms with Gasteiger partial charge in [0, 0.05) is 6.20 Å². The summed E-state index contributed by atoms with van der Waals surface area (Å²) in [5.74, 6) is 0. The predicted octanol–water partition coefficient (Wildman–Crippen LogP) is 2.39. The van der Waals surface area contributed by atoms with Crippen molar-refractivity contribution < 1.29 is 0 Å². The van der Waals surface area contributed by atoms with Crippen molar-refractivity contribution in [2.45, 2.75) is 26.7 Å². The summed E-state index contributed by atoms with van der Waals surface area (Å²) in [7, 11) is 0. The lowest BCUT2D eigenvalue weighted by Crippen LogP contribution is -1.71. The molecule has 1 nitrogen and oxygen atoms in total. The maximum Gasteiger partial charge on any atom is 0.0249 e. The molecule has 0 aromatic carbocycles. The van der Waals surface area contributed by atoms with Crippen LogP contribution < -0.4 is 0 Å². The van der Waals surface area contributed by atoms with Gasteiger partial charge >= 0.3 is 0 Å². The van der Waals surface area contributed by atoms with Crippen LogP contribution >= 0.6 is 0 Å². The summed E-state index contributed by atoms with van der Waals surface area (Å²) in [4.78, 5) is 3.64. The molecule has 0 N–H and O–H groups in total. The van der Waals surface area contributed by atoms with E-state index in [1.807, 2.05) is 6.20 Å². The molecule has 0 amide bonds. The third-order valence-corrected chi connectivity index (χ3v) is 0.956. The van der Waals surface area contributed by atoms with E-state index >= 15 is 0 Å². The monoisotopic (exact) mass is 111 g/mol. The molecular weight excluding hydrogens is 98.1 g/mol. The zero-order chi connectivity index (χ0) is 6.41. The highest BCUT2D eigenvalue weighted by molar-refractivity contribution is 5.26. The Bertz CT molecular complexity index is 92.6. The normalized spacial score (nSPS) is 11.5. The maximum atomic E-state index is 3.64. The number of allylic oxidation sites excluding steroid dienone is 1. The highest BCUT2D eigenvalue weighted by Crippen LogP contribution is 2.01. The van der Waals surface area contributed by atoms with E-state index in [0.717, 1.165) is 6.42 Å². The van der Waals surface area contributed by atoms with E-state index in [-0.39, 0.29) is 0 Å². The second-order valence-electron chi connectivity index (χ2n) is 1.91. The van der Waals surface area contributed by atoms with E-state index < -0.39 is 0 Å². The molecule has 0 saturated heterocycles. The minimum absolute atomic E-state index is 1.14. The van der Waals surface area contributed by atoms with Crippen LogP contribution in [0.1, 0.15) is 26.7 Å². The summed E-state index contributed by atoms with van der Waals surface area (Å²) in [5, 5.41) is 0. The minimum atomic E-state index is 1.14. The zero-order valence-corrected chi connectivity index (χ0v) is 5.65. The van der Waals surface area contributed by atoms with Crippen LogP contribution in [0.2, 0.25) is 0 Å². The summed E-state index contributed by atoms with van der Waals surface area (Å²) in [6, 6.07) is 0. The first-order valence-electron chi connectivity index (χ1n) is 2.92. The molecule has 0 rings (SSSR count). The Morgan fingerprint density at radius 3 is 2.75 bits per heavy atom. The molecule has 46 valence electrons. The first kappa shape index (κ1) is 7.41. The Morgan fingerprint density at radius 2 is 2.38 bits per heavy atom. The zero-order valence-electron chi connectivity index (χ0n) is 5.65. The number of rotatable bonds is 3. The summed E-state index contributed by atoms with van der Waals surface area (Å²) in [6.45, 7) is 7.58. The van der Waals surface area contributed by atoms with E-state index in [1.54, 1.807) is 0 Å². The molecule has 0 aromatic heterocycles. The molecule has 1 heteroatoms. The highest BCUT2D eigenvalue weighted by atomic mass is 14.6. The third kappa shape index (κ3) is 3.59. The van der Waals surface area contributed by atoms with E-state index in [1.165, 1.54) is 12.0 Å². The van der Waals surface area contributed by atoms with E-state index in [9.17, 15) is 0 Å². The van der Waals surface area contributed by atoms with Gasteiger partial charge in [-0.25, -0.2) is 0 Å². The molecule has 0 aliphatic carbocycles. The smallest absolute Gasteiger partial charge is 0.0249 e. The lowest BCUT2D eigenvalue weighted by Gasteiger charge is -1.91. The van der Waals surface area contributed by atoms with Crippen molar-refractivity contribution in [3.8, 4) is 0 Å². The van der Waals surface area contributed by atoms with Gasteiger partial charge in [-0.1, -0.05) is 18.9 Å². The van der Waals surface area contributed by atoms with Gasteiger partial charge in [0.05, 0.1) is 0 Å². The molecule has 8 heavy (non-hydrogen) atoms. The number of aliphatic imine (C=N–C) groups is 1. The molecule has 0 aliphatic rings. The van der Waals surface area contributed by atoms with Crippen LogP contribution in [0, 0.1) is 0 Å². The summed E-state index contributed by atoms with van der Waals surface area (Å²) < 4.78 is 0. The number of nitrogens with zero attached hydrogens (tertiary/aromatic N) is 1. The van der Waals surface area contributed by atoms with Crippen LogP contribution in [0.4, 0.5) is 0 Å². The van der Waals surface area contributed by atoms with Crippen molar-refractivity contribution in [3.63, 3.8) is 0 Å². The molecular formula is C7H13N. The average molecular weight is 111 g/mol. The van der Waals surface area contributed by atoms with Gasteiger partial charge in [0.2, 0.25) is 0 Å². The Morgan fingerprint density at radius 1 is 1.75 bits per heavy atom. The van der Waals surface area contributed by atoms with Gasteiger partial charge < -0.3 is 0 Å². The first-order valence-corrected chi connectivity index (χ1v) is 2.92. The molecule has 0 aromatic rings. The standard InChI is InChI=1S/C7H13N/c1-4-5-7(2)6-8-3/h6H,3-5H2,1-2H3/b7-6+. The summed E-state index contributed by atoms with van der Waals surface area (Å²) in [6.07, 6.45) is 4.14. The summed E-state index contributed by atoms with van der Waals surface area (Å²) >= 11 is 0. The molecule has 0 heterocycles. The van der Waals surface area contributed by atoms with Gasteiger partial charge in [0.25, 0.3) is 0 Å². The fourth-order valence-electron chi connectivity index (χ4n) is 0.615. The molecule has 0 bridgehead atoms. The SMILES string of the molecule is C=N/C=C(\C)CCC. The van der Waals surface area contributed by atoms with Gasteiger partial charge in [-0.05, 0) is 20.1 Å². The van der Waals surface area contributed by atoms with Crippen LogP contribution in [-0.4, -0.2) is 6.72 Å². The third-order valence-electron chi connectivity index (χ3n) is 0.956. The van der Waals surface area contributed by atoms with Gasteiger partial charge in [-0.3, -0.25) is 4.99 Å². The molecule has 0 fully saturated rings. The second kappa shape index (κ2) is 4.57. The van der Waals surface area contributed by atoms with Crippen molar-refractivity contribution in [2.75, 3.05) is 0 Å². The number of hydrogen-bond acceptors (Lipinski definition) is 1. The molecule has 0 spiro atoms. The maximum absolute atomic E-state index is 3.64. The van der Waals surface area contributed by atoms with Crippen molar-refractivity contribution in [1.29, 1.82) is 0 Å². The number of hydrogen-bond donors (Lipinski definition) is 0. The Hall–Kier alpha value is -0.590. The Balaban J connectivity index is 3.44. The lowest BCUT2D eigenvalue weighted by molar-refractivity contribution is 0.902. The fourth-order valence-corrected chi connectivity index (χ4v) is 0.615. The van der Waals surface area contributed by atoms with Crippen molar-refractivity contribution in [1.82, 2.24) is 0 Å². The van der Waals surface area contributed by atoms with Crippen LogP contribution in [0.15, 0.2) is 16.8 Å². The van der Waals surface area contributed by atoms with Gasteiger partial charge in [0.1, 0.15) is 0 Å². The van der Waals surface area contributed by atoms with Crippen molar-refractivity contribution in [3.05, 3.63) is 11.8 Å². The van der Waals surface area contributed by atoms with Gasteiger partial charge in [0.15, 0.2) is 0 Å².